The van der Waals surface area contributed by atoms with Crippen LogP contribution in [0.5, 0.6) is 0 Å². The molecule has 1 atom stereocenters. The Morgan fingerprint density at radius 2 is 1.65 bits per heavy atom. The molecule has 5 nitrogen and oxygen atoms in total. The van der Waals surface area contributed by atoms with Crippen molar-refractivity contribution in [1.82, 2.24) is 14.8 Å². The first-order valence-electron chi connectivity index (χ1n) is 8.77. The fourth-order valence-electron chi connectivity index (χ4n) is 3.20. The molecule has 2 heterocycles. The zero-order valence-corrected chi connectivity index (χ0v) is 14.8. The first-order valence-corrected chi connectivity index (χ1v) is 8.77. The summed E-state index contributed by atoms with van der Waals surface area (Å²) in [6.45, 7) is 3.82. The minimum atomic E-state index is -0.297. The number of aromatic nitrogens is 1. The fourth-order valence-corrected chi connectivity index (χ4v) is 3.20. The summed E-state index contributed by atoms with van der Waals surface area (Å²) in [5.41, 5.74) is 1.16. The summed E-state index contributed by atoms with van der Waals surface area (Å²) in [7, 11) is 0. The molecule has 1 aromatic heterocycles. The number of carbonyl (C=O) groups is 2. The van der Waals surface area contributed by atoms with Crippen molar-refractivity contribution in [3.05, 3.63) is 65.7 Å². The van der Waals surface area contributed by atoms with Crippen molar-refractivity contribution in [2.75, 3.05) is 26.2 Å². The molecule has 1 aliphatic heterocycles. The van der Waals surface area contributed by atoms with Gasteiger partial charge >= 0.3 is 0 Å². The third kappa shape index (κ3) is 4.07. The average Bonchev–Trinajstić information content (AvgIpc) is 2.69. The predicted molar refractivity (Wildman–Crippen MR) is 96.0 cm³/mol. The van der Waals surface area contributed by atoms with Gasteiger partial charge in [0.1, 0.15) is 5.82 Å². The summed E-state index contributed by atoms with van der Waals surface area (Å²) >= 11 is 0. The smallest absolute Gasteiger partial charge is 0.254 e. The Balaban J connectivity index is 1.55. The first kappa shape index (κ1) is 18.0. The Kier molecular flexibility index (Phi) is 5.61. The molecule has 2 aromatic rings. The number of benzene rings is 1. The van der Waals surface area contributed by atoms with Crippen LogP contribution in [0.4, 0.5) is 4.39 Å². The molecule has 0 unspecified atom stereocenters. The molecule has 2 amide bonds. The van der Waals surface area contributed by atoms with Crippen LogP contribution in [0, 0.1) is 11.7 Å². The molecule has 3 rings (SSSR count). The molecule has 0 spiro atoms. The highest BCUT2D eigenvalue weighted by Crippen LogP contribution is 2.16. The van der Waals surface area contributed by atoms with Gasteiger partial charge in [0, 0.05) is 50.1 Å². The standard InChI is InChI=1S/C20H22FN3O2/c1-15(14-17-4-2-3-5-18(17)21)19(25)23-10-12-24(13-11-23)20(26)16-6-8-22-9-7-16/h2-9,15H,10-14H2,1H3/t15-/m0/s1. The van der Waals surface area contributed by atoms with E-state index >= 15 is 0 Å². The summed E-state index contributed by atoms with van der Waals surface area (Å²) in [6.07, 6.45) is 3.57. The van der Waals surface area contributed by atoms with E-state index in [-0.39, 0.29) is 23.5 Å². The number of nitrogens with zero attached hydrogens (tertiary/aromatic N) is 3. The summed E-state index contributed by atoms with van der Waals surface area (Å²) < 4.78 is 13.8. The van der Waals surface area contributed by atoms with E-state index in [9.17, 15) is 14.0 Å². The van der Waals surface area contributed by atoms with Crippen molar-refractivity contribution in [2.24, 2.45) is 5.92 Å². The Morgan fingerprint density at radius 3 is 2.31 bits per heavy atom. The van der Waals surface area contributed by atoms with Crippen LogP contribution >= 0.6 is 0 Å². The van der Waals surface area contributed by atoms with E-state index in [4.69, 9.17) is 0 Å². The second-order valence-electron chi connectivity index (χ2n) is 6.55. The van der Waals surface area contributed by atoms with Gasteiger partial charge in [0.05, 0.1) is 0 Å². The van der Waals surface area contributed by atoms with Crippen LogP contribution < -0.4 is 0 Å². The molecule has 0 saturated carbocycles. The number of rotatable bonds is 4. The number of piperazine rings is 1. The fraction of sp³-hybridized carbons (Fsp3) is 0.350. The van der Waals surface area contributed by atoms with Gasteiger partial charge in [-0.05, 0) is 30.2 Å². The second-order valence-corrected chi connectivity index (χ2v) is 6.55. The highest BCUT2D eigenvalue weighted by molar-refractivity contribution is 5.94. The summed E-state index contributed by atoms with van der Waals surface area (Å²) in [6, 6.07) is 9.93. The quantitative estimate of drug-likeness (QED) is 0.846. The van der Waals surface area contributed by atoms with Crippen molar-refractivity contribution in [1.29, 1.82) is 0 Å². The maximum absolute atomic E-state index is 13.8. The van der Waals surface area contributed by atoms with Crippen LogP contribution in [0.15, 0.2) is 48.8 Å². The molecule has 1 saturated heterocycles. The molecular weight excluding hydrogens is 333 g/mol. The second kappa shape index (κ2) is 8.08. The van der Waals surface area contributed by atoms with E-state index in [1.54, 1.807) is 52.5 Å². The molecule has 0 N–H and O–H groups in total. The third-order valence-electron chi connectivity index (χ3n) is 4.71. The van der Waals surface area contributed by atoms with Crippen LogP contribution in [0.2, 0.25) is 0 Å². The van der Waals surface area contributed by atoms with E-state index in [1.807, 2.05) is 6.92 Å². The molecule has 6 heteroatoms. The minimum Gasteiger partial charge on any atom is -0.339 e. The van der Waals surface area contributed by atoms with Crippen LogP contribution in [-0.4, -0.2) is 52.8 Å². The molecule has 1 aromatic carbocycles. The Hall–Kier alpha value is -2.76. The molecule has 0 bridgehead atoms. The summed E-state index contributed by atoms with van der Waals surface area (Å²) in [4.78, 5) is 32.5. The van der Waals surface area contributed by atoms with Gasteiger partial charge in [-0.3, -0.25) is 14.6 Å². The molecule has 0 aliphatic carbocycles. The Labute approximate surface area is 152 Å². The Morgan fingerprint density at radius 1 is 1.04 bits per heavy atom. The van der Waals surface area contributed by atoms with E-state index < -0.39 is 0 Å². The number of pyridine rings is 1. The van der Waals surface area contributed by atoms with Gasteiger partial charge in [0.15, 0.2) is 0 Å². The minimum absolute atomic E-state index is 0.00395. The highest BCUT2D eigenvalue weighted by atomic mass is 19.1. The highest BCUT2D eigenvalue weighted by Gasteiger charge is 2.27. The lowest BCUT2D eigenvalue weighted by molar-refractivity contribution is -0.136. The van der Waals surface area contributed by atoms with Crippen LogP contribution in [0.25, 0.3) is 0 Å². The van der Waals surface area contributed by atoms with Gasteiger partial charge in [0.2, 0.25) is 5.91 Å². The van der Waals surface area contributed by atoms with E-state index in [0.717, 1.165) is 0 Å². The number of halogens is 1. The summed E-state index contributed by atoms with van der Waals surface area (Å²) in [5, 5.41) is 0. The lowest BCUT2D eigenvalue weighted by Crippen LogP contribution is -2.51. The predicted octanol–water partition coefficient (Wildman–Crippen LogP) is 2.38. The number of hydrogen-bond acceptors (Lipinski definition) is 3. The van der Waals surface area contributed by atoms with Crippen molar-refractivity contribution in [3.8, 4) is 0 Å². The van der Waals surface area contributed by atoms with Crippen LogP contribution in [-0.2, 0) is 11.2 Å². The normalized spacial score (nSPS) is 15.6. The number of carbonyl (C=O) groups excluding carboxylic acids is 2. The van der Waals surface area contributed by atoms with E-state index in [1.165, 1.54) is 6.07 Å². The van der Waals surface area contributed by atoms with Gasteiger partial charge in [-0.15, -0.1) is 0 Å². The Bertz CT molecular complexity index is 774. The van der Waals surface area contributed by atoms with Crippen molar-refractivity contribution in [3.63, 3.8) is 0 Å². The summed E-state index contributed by atoms with van der Waals surface area (Å²) in [5.74, 6) is -0.613. The molecule has 0 radical (unpaired) electrons. The molecule has 1 fully saturated rings. The van der Waals surface area contributed by atoms with E-state index in [2.05, 4.69) is 4.98 Å². The number of hydrogen-bond donors (Lipinski definition) is 0. The van der Waals surface area contributed by atoms with Crippen molar-refractivity contribution < 1.29 is 14.0 Å². The molecule has 1 aliphatic rings. The van der Waals surface area contributed by atoms with E-state index in [0.29, 0.717) is 43.7 Å². The largest absolute Gasteiger partial charge is 0.339 e. The number of amides is 2. The third-order valence-corrected chi connectivity index (χ3v) is 4.71. The van der Waals surface area contributed by atoms with Gasteiger partial charge in [-0.1, -0.05) is 25.1 Å². The maximum atomic E-state index is 13.8. The molecule has 136 valence electrons. The maximum Gasteiger partial charge on any atom is 0.254 e. The van der Waals surface area contributed by atoms with Crippen LogP contribution in [0.3, 0.4) is 0 Å². The topological polar surface area (TPSA) is 53.5 Å². The zero-order valence-electron chi connectivity index (χ0n) is 14.8. The van der Waals surface area contributed by atoms with Crippen molar-refractivity contribution >= 4 is 11.8 Å². The average molecular weight is 355 g/mol. The van der Waals surface area contributed by atoms with Crippen LogP contribution in [0.1, 0.15) is 22.8 Å². The van der Waals surface area contributed by atoms with Gasteiger partial charge in [-0.25, -0.2) is 4.39 Å². The van der Waals surface area contributed by atoms with Gasteiger partial charge in [-0.2, -0.15) is 0 Å². The monoisotopic (exact) mass is 355 g/mol. The van der Waals surface area contributed by atoms with Gasteiger partial charge < -0.3 is 9.80 Å². The SMILES string of the molecule is C[C@@H](Cc1ccccc1F)C(=O)N1CCN(C(=O)c2ccncc2)CC1. The lowest BCUT2D eigenvalue weighted by Gasteiger charge is -2.36. The zero-order chi connectivity index (χ0) is 18.5. The first-order chi connectivity index (χ1) is 12.6. The van der Waals surface area contributed by atoms with Crippen molar-refractivity contribution in [2.45, 2.75) is 13.3 Å². The van der Waals surface area contributed by atoms with Gasteiger partial charge in [0.25, 0.3) is 5.91 Å². The molecule has 26 heavy (non-hydrogen) atoms. The molecular formula is C20H22FN3O2. The lowest BCUT2D eigenvalue weighted by atomic mass is 9.99.